The number of nitrogen functional groups attached to an aromatic ring is 1. The number of nitrogens with zero attached hydrogens (tertiary/aromatic N) is 2. The summed E-state index contributed by atoms with van der Waals surface area (Å²) >= 11 is 0. The Morgan fingerprint density at radius 3 is 2.69 bits per heavy atom. The standard InChI is InChI=1S/C11H10FN3O/c1-16-10-3-2-7(12)4-8(10)9-5-15-11(13)6-14-9/h2-6H,1H3,(H2,13,15). The number of aromatic nitrogens is 2. The predicted molar refractivity (Wildman–Crippen MR) is 58.4 cm³/mol. The van der Waals surface area contributed by atoms with Crippen molar-refractivity contribution >= 4 is 5.82 Å². The number of nitrogens with two attached hydrogens (primary N) is 1. The fourth-order valence-electron chi connectivity index (χ4n) is 1.36. The van der Waals surface area contributed by atoms with Crippen LogP contribution in [-0.4, -0.2) is 17.1 Å². The van der Waals surface area contributed by atoms with E-state index in [1.54, 1.807) is 6.07 Å². The molecule has 0 fully saturated rings. The minimum absolute atomic E-state index is 0.319. The van der Waals surface area contributed by atoms with Crippen LogP contribution in [0.15, 0.2) is 30.6 Å². The number of anilines is 1. The van der Waals surface area contributed by atoms with E-state index in [0.29, 0.717) is 22.8 Å². The van der Waals surface area contributed by atoms with Gasteiger partial charge in [0.1, 0.15) is 17.4 Å². The fraction of sp³-hybridized carbons (Fsp3) is 0.0909. The molecular weight excluding hydrogens is 209 g/mol. The van der Waals surface area contributed by atoms with Crippen molar-refractivity contribution in [2.75, 3.05) is 12.8 Å². The first-order chi connectivity index (χ1) is 7.70. The largest absolute Gasteiger partial charge is 0.496 e. The molecule has 1 aromatic carbocycles. The van der Waals surface area contributed by atoms with Crippen molar-refractivity contribution in [1.82, 2.24) is 9.97 Å². The minimum atomic E-state index is -0.352. The van der Waals surface area contributed by atoms with Gasteiger partial charge in [0, 0.05) is 5.56 Å². The van der Waals surface area contributed by atoms with Crippen LogP contribution in [0.5, 0.6) is 5.75 Å². The summed E-state index contributed by atoms with van der Waals surface area (Å²) in [6.45, 7) is 0. The van der Waals surface area contributed by atoms with Gasteiger partial charge in [0.2, 0.25) is 0 Å². The Hall–Kier alpha value is -2.17. The van der Waals surface area contributed by atoms with Crippen molar-refractivity contribution in [3.05, 3.63) is 36.4 Å². The second-order valence-corrected chi connectivity index (χ2v) is 3.17. The Balaban J connectivity index is 2.53. The van der Waals surface area contributed by atoms with Crippen molar-refractivity contribution < 1.29 is 9.13 Å². The Morgan fingerprint density at radius 2 is 2.06 bits per heavy atom. The normalized spacial score (nSPS) is 10.1. The Morgan fingerprint density at radius 1 is 1.25 bits per heavy atom. The summed E-state index contributed by atoms with van der Waals surface area (Å²) in [5, 5.41) is 0. The van der Waals surface area contributed by atoms with E-state index in [-0.39, 0.29) is 5.82 Å². The zero-order valence-electron chi connectivity index (χ0n) is 8.64. The summed E-state index contributed by atoms with van der Waals surface area (Å²) < 4.78 is 18.2. The highest BCUT2D eigenvalue weighted by Gasteiger charge is 2.08. The van der Waals surface area contributed by atoms with Gasteiger partial charge in [-0.2, -0.15) is 0 Å². The van der Waals surface area contributed by atoms with Crippen LogP contribution in [0.2, 0.25) is 0 Å². The second-order valence-electron chi connectivity index (χ2n) is 3.17. The number of benzene rings is 1. The second kappa shape index (κ2) is 4.14. The minimum Gasteiger partial charge on any atom is -0.496 e. The van der Waals surface area contributed by atoms with Crippen LogP contribution in [0.3, 0.4) is 0 Å². The van der Waals surface area contributed by atoms with Crippen LogP contribution in [0.1, 0.15) is 0 Å². The van der Waals surface area contributed by atoms with E-state index < -0.39 is 0 Å². The van der Waals surface area contributed by atoms with Gasteiger partial charge in [0.15, 0.2) is 0 Å². The average Bonchev–Trinajstić information content (AvgIpc) is 2.30. The summed E-state index contributed by atoms with van der Waals surface area (Å²) in [6, 6.07) is 4.22. The van der Waals surface area contributed by atoms with Crippen LogP contribution in [-0.2, 0) is 0 Å². The van der Waals surface area contributed by atoms with Gasteiger partial charge in [0.25, 0.3) is 0 Å². The lowest BCUT2D eigenvalue weighted by atomic mass is 10.1. The maximum Gasteiger partial charge on any atom is 0.141 e. The molecule has 0 aliphatic rings. The summed E-state index contributed by atoms with van der Waals surface area (Å²) in [4.78, 5) is 7.96. The van der Waals surface area contributed by atoms with Gasteiger partial charge in [-0.25, -0.2) is 9.37 Å². The van der Waals surface area contributed by atoms with Crippen LogP contribution in [0, 0.1) is 5.82 Å². The Labute approximate surface area is 91.9 Å². The SMILES string of the molecule is COc1ccc(F)cc1-c1cnc(N)cn1. The third-order valence-corrected chi connectivity index (χ3v) is 2.11. The van der Waals surface area contributed by atoms with Gasteiger partial charge in [-0.15, -0.1) is 0 Å². The molecule has 16 heavy (non-hydrogen) atoms. The van der Waals surface area contributed by atoms with Crippen LogP contribution in [0.4, 0.5) is 10.2 Å². The average molecular weight is 219 g/mol. The molecule has 0 aliphatic carbocycles. The van der Waals surface area contributed by atoms with Crippen molar-refractivity contribution in [3.8, 4) is 17.0 Å². The lowest BCUT2D eigenvalue weighted by Gasteiger charge is -2.07. The van der Waals surface area contributed by atoms with Gasteiger partial charge in [-0.05, 0) is 18.2 Å². The molecule has 0 unspecified atom stereocenters. The van der Waals surface area contributed by atoms with Gasteiger partial charge in [0.05, 0.1) is 25.2 Å². The van der Waals surface area contributed by atoms with Crippen molar-refractivity contribution in [2.45, 2.75) is 0 Å². The third-order valence-electron chi connectivity index (χ3n) is 2.11. The molecule has 4 nitrogen and oxygen atoms in total. The number of ether oxygens (including phenoxy) is 1. The summed E-state index contributed by atoms with van der Waals surface area (Å²) in [5.74, 6) is 0.508. The molecular formula is C11H10FN3O. The van der Waals surface area contributed by atoms with E-state index in [1.165, 1.54) is 31.6 Å². The number of methoxy groups -OCH3 is 1. The number of halogens is 1. The zero-order valence-corrected chi connectivity index (χ0v) is 8.64. The molecule has 1 heterocycles. The van der Waals surface area contributed by atoms with E-state index in [9.17, 15) is 4.39 Å². The van der Waals surface area contributed by atoms with Gasteiger partial charge >= 0.3 is 0 Å². The van der Waals surface area contributed by atoms with Crippen LogP contribution >= 0.6 is 0 Å². The number of hydrogen-bond acceptors (Lipinski definition) is 4. The molecule has 0 aliphatic heterocycles. The first-order valence-corrected chi connectivity index (χ1v) is 4.62. The summed E-state index contributed by atoms with van der Waals surface area (Å²) in [7, 11) is 1.52. The molecule has 0 atom stereocenters. The van der Waals surface area contributed by atoms with E-state index in [1.807, 2.05) is 0 Å². The lowest BCUT2D eigenvalue weighted by Crippen LogP contribution is -1.95. The maximum absolute atomic E-state index is 13.1. The topological polar surface area (TPSA) is 61.0 Å². The van der Waals surface area contributed by atoms with E-state index in [2.05, 4.69) is 9.97 Å². The third kappa shape index (κ3) is 1.93. The van der Waals surface area contributed by atoms with Gasteiger partial charge < -0.3 is 10.5 Å². The fourth-order valence-corrected chi connectivity index (χ4v) is 1.36. The summed E-state index contributed by atoms with van der Waals surface area (Å²) in [5.41, 5.74) is 6.50. The van der Waals surface area contributed by atoms with Gasteiger partial charge in [-0.1, -0.05) is 0 Å². The molecule has 0 spiro atoms. The lowest BCUT2D eigenvalue weighted by molar-refractivity contribution is 0.415. The Bertz CT molecular complexity index is 499. The van der Waals surface area contributed by atoms with Crippen molar-refractivity contribution in [3.63, 3.8) is 0 Å². The molecule has 2 rings (SSSR count). The highest BCUT2D eigenvalue weighted by atomic mass is 19.1. The molecule has 0 saturated heterocycles. The number of rotatable bonds is 2. The molecule has 5 heteroatoms. The highest BCUT2D eigenvalue weighted by molar-refractivity contribution is 5.66. The molecule has 0 amide bonds. The monoisotopic (exact) mass is 219 g/mol. The van der Waals surface area contributed by atoms with Crippen LogP contribution in [0.25, 0.3) is 11.3 Å². The van der Waals surface area contributed by atoms with Crippen molar-refractivity contribution in [2.24, 2.45) is 0 Å². The first-order valence-electron chi connectivity index (χ1n) is 4.62. The van der Waals surface area contributed by atoms with E-state index in [0.717, 1.165) is 0 Å². The van der Waals surface area contributed by atoms with Crippen LogP contribution < -0.4 is 10.5 Å². The van der Waals surface area contributed by atoms with Crippen molar-refractivity contribution in [1.29, 1.82) is 0 Å². The molecule has 1 aromatic heterocycles. The molecule has 0 bridgehead atoms. The first kappa shape index (κ1) is 10.4. The number of hydrogen-bond donors (Lipinski definition) is 1. The smallest absolute Gasteiger partial charge is 0.141 e. The quantitative estimate of drug-likeness (QED) is 0.837. The summed E-state index contributed by atoms with van der Waals surface area (Å²) in [6.07, 6.45) is 2.90. The molecule has 2 N–H and O–H groups in total. The van der Waals surface area contributed by atoms with E-state index >= 15 is 0 Å². The maximum atomic E-state index is 13.1. The Kier molecular flexibility index (Phi) is 2.68. The van der Waals surface area contributed by atoms with E-state index in [4.69, 9.17) is 10.5 Å². The molecule has 82 valence electrons. The predicted octanol–water partition coefficient (Wildman–Crippen LogP) is 1.87. The molecule has 0 radical (unpaired) electrons. The highest BCUT2D eigenvalue weighted by Crippen LogP contribution is 2.28. The molecule has 0 saturated carbocycles. The zero-order chi connectivity index (χ0) is 11.5. The molecule has 2 aromatic rings. The van der Waals surface area contributed by atoms with Gasteiger partial charge in [-0.3, -0.25) is 4.98 Å².